The smallest absolute Gasteiger partial charge is 0.295 e. The molecule has 1 saturated heterocycles. The number of ketones is 1. The highest BCUT2D eigenvalue weighted by atomic mass is 19.1. The van der Waals surface area contributed by atoms with Crippen LogP contribution in [0.3, 0.4) is 0 Å². The number of fused-ring (bicyclic) bond motifs is 1. The van der Waals surface area contributed by atoms with Gasteiger partial charge in [-0.05, 0) is 19.1 Å². The number of benzene rings is 2. The molecule has 0 spiro atoms. The Labute approximate surface area is 197 Å². The van der Waals surface area contributed by atoms with Crippen LogP contribution in [0.1, 0.15) is 22.8 Å². The maximum atomic E-state index is 14.3. The quantitative estimate of drug-likeness (QED) is 0.274. The maximum absolute atomic E-state index is 14.3. The molecule has 3 aromatic rings. The molecule has 1 aliphatic heterocycles. The standard InChI is InChI=1S/C26H26FN5O2/c1-3-19(16-28-2)30-25(18-8-5-4-6-9-18)31-12-14-32(15-13-31)26(34)24(33)20-17-29-22-11-7-10-21(27)23(20)22/h3-11,16-17,29H,12-15H2,1-2H3/b19-3+,28-16?,30-25?. The van der Waals surface area contributed by atoms with Gasteiger partial charge in [0.2, 0.25) is 0 Å². The van der Waals surface area contributed by atoms with Gasteiger partial charge in [0.15, 0.2) is 0 Å². The van der Waals surface area contributed by atoms with Crippen LogP contribution in [0.5, 0.6) is 0 Å². The number of aromatic amines is 1. The van der Waals surface area contributed by atoms with E-state index in [4.69, 9.17) is 4.99 Å². The molecule has 8 heteroatoms. The summed E-state index contributed by atoms with van der Waals surface area (Å²) in [6, 6.07) is 14.3. The van der Waals surface area contributed by atoms with Gasteiger partial charge in [0.1, 0.15) is 11.7 Å². The van der Waals surface area contributed by atoms with Crippen molar-refractivity contribution in [2.75, 3.05) is 33.2 Å². The SMILES string of the molecule is C/C=C(\C=NC)N=C(c1ccccc1)N1CCN(C(=O)C(=O)c2c[nH]c3cccc(F)c23)CC1. The van der Waals surface area contributed by atoms with Gasteiger partial charge in [-0.1, -0.05) is 42.5 Å². The van der Waals surface area contributed by atoms with Crippen LogP contribution in [-0.4, -0.2) is 71.8 Å². The molecule has 0 saturated carbocycles. The number of piperazine rings is 1. The van der Waals surface area contributed by atoms with Crippen LogP contribution in [0, 0.1) is 5.82 Å². The van der Waals surface area contributed by atoms with Crippen molar-refractivity contribution < 1.29 is 14.0 Å². The number of carbonyl (C=O) groups excluding carboxylic acids is 2. The van der Waals surface area contributed by atoms with Crippen molar-refractivity contribution >= 4 is 34.6 Å². The average Bonchev–Trinajstić information content (AvgIpc) is 3.32. The molecule has 174 valence electrons. The van der Waals surface area contributed by atoms with Crippen molar-refractivity contribution in [2.45, 2.75) is 6.92 Å². The van der Waals surface area contributed by atoms with E-state index < -0.39 is 17.5 Å². The molecule has 0 aliphatic carbocycles. The summed E-state index contributed by atoms with van der Waals surface area (Å²) in [5, 5.41) is 0.148. The van der Waals surface area contributed by atoms with E-state index in [0.717, 1.165) is 17.1 Å². The van der Waals surface area contributed by atoms with Crippen LogP contribution < -0.4 is 0 Å². The number of aliphatic imine (C=N–C) groups is 2. The lowest BCUT2D eigenvalue weighted by atomic mass is 10.1. The molecule has 0 radical (unpaired) electrons. The summed E-state index contributed by atoms with van der Waals surface area (Å²) in [5.41, 5.74) is 2.23. The van der Waals surface area contributed by atoms with Crippen molar-refractivity contribution in [3.8, 4) is 0 Å². The molecule has 1 N–H and O–H groups in total. The Morgan fingerprint density at radius 1 is 1.00 bits per heavy atom. The summed E-state index contributed by atoms with van der Waals surface area (Å²) < 4.78 is 14.3. The highest BCUT2D eigenvalue weighted by molar-refractivity contribution is 6.44. The Morgan fingerprint density at radius 3 is 2.38 bits per heavy atom. The van der Waals surface area contributed by atoms with Crippen molar-refractivity contribution in [3.63, 3.8) is 0 Å². The average molecular weight is 460 g/mol. The van der Waals surface area contributed by atoms with Gasteiger partial charge in [-0.25, -0.2) is 9.38 Å². The number of Topliss-reactive ketones (excluding diaryl/α,β-unsaturated/α-hetero) is 1. The molecule has 4 rings (SSSR count). The van der Waals surface area contributed by atoms with Crippen LogP contribution in [0.15, 0.2) is 76.5 Å². The number of amides is 1. The van der Waals surface area contributed by atoms with Gasteiger partial charge in [0.05, 0.1) is 11.3 Å². The molecule has 7 nitrogen and oxygen atoms in total. The molecule has 2 aromatic carbocycles. The van der Waals surface area contributed by atoms with E-state index in [0.29, 0.717) is 31.7 Å². The monoisotopic (exact) mass is 459 g/mol. The van der Waals surface area contributed by atoms with E-state index in [1.807, 2.05) is 43.3 Å². The number of carbonyl (C=O) groups is 2. The minimum Gasteiger partial charge on any atom is -0.360 e. The fourth-order valence-electron chi connectivity index (χ4n) is 4.03. The predicted octanol–water partition coefficient (Wildman–Crippen LogP) is 3.69. The van der Waals surface area contributed by atoms with Crippen molar-refractivity contribution in [3.05, 3.63) is 83.4 Å². The lowest BCUT2D eigenvalue weighted by Gasteiger charge is -2.36. The first-order valence-electron chi connectivity index (χ1n) is 11.1. The van der Waals surface area contributed by atoms with E-state index in [1.165, 1.54) is 17.2 Å². The summed E-state index contributed by atoms with van der Waals surface area (Å²) >= 11 is 0. The van der Waals surface area contributed by atoms with Crippen LogP contribution in [0.4, 0.5) is 4.39 Å². The fourth-order valence-corrected chi connectivity index (χ4v) is 4.03. The van der Waals surface area contributed by atoms with E-state index in [2.05, 4.69) is 14.9 Å². The number of H-pyrrole nitrogens is 1. The second-order valence-electron chi connectivity index (χ2n) is 7.88. The molecule has 1 amide bonds. The molecular formula is C26H26FN5O2. The lowest BCUT2D eigenvalue weighted by Crippen LogP contribution is -2.52. The first kappa shape index (κ1) is 23.1. The largest absolute Gasteiger partial charge is 0.360 e. The van der Waals surface area contributed by atoms with Gasteiger partial charge in [-0.15, -0.1) is 0 Å². The summed E-state index contributed by atoms with van der Waals surface area (Å²) in [4.78, 5) is 41.3. The van der Waals surface area contributed by atoms with Crippen molar-refractivity contribution in [2.24, 2.45) is 9.98 Å². The second kappa shape index (κ2) is 10.2. The first-order valence-corrected chi connectivity index (χ1v) is 11.1. The molecule has 0 bridgehead atoms. The molecule has 0 atom stereocenters. The summed E-state index contributed by atoms with van der Waals surface area (Å²) in [6.45, 7) is 3.63. The molecule has 1 aromatic heterocycles. The van der Waals surface area contributed by atoms with Gasteiger partial charge >= 0.3 is 0 Å². The van der Waals surface area contributed by atoms with E-state index >= 15 is 0 Å². The van der Waals surface area contributed by atoms with E-state index in [1.54, 1.807) is 25.4 Å². The fraction of sp³-hybridized carbons (Fsp3) is 0.231. The Morgan fingerprint density at radius 2 is 1.71 bits per heavy atom. The van der Waals surface area contributed by atoms with Crippen LogP contribution in [0.2, 0.25) is 0 Å². The van der Waals surface area contributed by atoms with E-state index in [-0.39, 0.29) is 10.9 Å². The van der Waals surface area contributed by atoms with E-state index in [9.17, 15) is 14.0 Å². The number of allylic oxidation sites excluding steroid dienone is 2. The first-order chi connectivity index (χ1) is 16.5. The zero-order chi connectivity index (χ0) is 24.1. The molecule has 0 unspecified atom stereocenters. The summed E-state index contributed by atoms with van der Waals surface area (Å²) in [6.07, 6.45) is 4.98. The van der Waals surface area contributed by atoms with Gasteiger partial charge < -0.3 is 14.8 Å². The zero-order valence-corrected chi connectivity index (χ0v) is 19.2. The molecule has 2 heterocycles. The summed E-state index contributed by atoms with van der Waals surface area (Å²) in [7, 11) is 1.70. The minimum absolute atomic E-state index is 0.0589. The number of hydrogen-bond acceptors (Lipinski definition) is 4. The highest BCUT2D eigenvalue weighted by Gasteiger charge is 2.30. The lowest BCUT2D eigenvalue weighted by molar-refractivity contribution is -0.127. The number of hydrogen-bond donors (Lipinski definition) is 1. The number of rotatable bonds is 5. The van der Waals surface area contributed by atoms with Crippen LogP contribution in [-0.2, 0) is 4.79 Å². The van der Waals surface area contributed by atoms with Crippen LogP contribution in [0.25, 0.3) is 10.9 Å². The topological polar surface area (TPSA) is 81.1 Å². The van der Waals surface area contributed by atoms with Gasteiger partial charge in [-0.2, -0.15) is 0 Å². The van der Waals surface area contributed by atoms with Gasteiger partial charge in [-0.3, -0.25) is 14.6 Å². The molecule has 1 aliphatic rings. The van der Waals surface area contributed by atoms with Gasteiger partial charge in [0.25, 0.3) is 11.7 Å². The Balaban J connectivity index is 1.52. The molecule has 1 fully saturated rings. The number of aromatic nitrogens is 1. The number of nitrogens with zero attached hydrogens (tertiary/aromatic N) is 4. The van der Waals surface area contributed by atoms with Gasteiger partial charge in [0, 0.05) is 62.1 Å². The number of amidine groups is 1. The third kappa shape index (κ3) is 4.66. The highest BCUT2D eigenvalue weighted by Crippen LogP contribution is 2.23. The second-order valence-corrected chi connectivity index (χ2v) is 7.88. The third-order valence-corrected chi connectivity index (χ3v) is 5.78. The predicted molar refractivity (Wildman–Crippen MR) is 132 cm³/mol. The molecule has 34 heavy (non-hydrogen) atoms. The normalized spacial score (nSPS) is 15.4. The number of halogens is 1. The Bertz CT molecular complexity index is 1290. The Hall–Kier alpha value is -4.07. The van der Waals surface area contributed by atoms with Crippen molar-refractivity contribution in [1.82, 2.24) is 14.8 Å². The maximum Gasteiger partial charge on any atom is 0.295 e. The Kier molecular flexibility index (Phi) is 6.96. The van der Waals surface area contributed by atoms with Crippen molar-refractivity contribution in [1.29, 1.82) is 0 Å². The zero-order valence-electron chi connectivity index (χ0n) is 19.2. The minimum atomic E-state index is -0.711. The van der Waals surface area contributed by atoms with Crippen LogP contribution >= 0.6 is 0 Å². The third-order valence-electron chi connectivity index (χ3n) is 5.78. The number of nitrogens with one attached hydrogen (secondary N) is 1. The molecular weight excluding hydrogens is 433 g/mol. The summed E-state index contributed by atoms with van der Waals surface area (Å²) in [5.74, 6) is -1.09.